The van der Waals surface area contributed by atoms with E-state index in [1.807, 2.05) is 36.4 Å². The van der Waals surface area contributed by atoms with E-state index in [4.69, 9.17) is 9.47 Å². The molecule has 1 aliphatic heterocycles. The van der Waals surface area contributed by atoms with Gasteiger partial charge in [-0.3, -0.25) is 14.5 Å². The number of Topliss-reactive ketones (excluding diaryl/α,β-unsaturated/α-hetero) is 1. The molecule has 5 nitrogen and oxygen atoms in total. The first kappa shape index (κ1) is 18.7. The molecule has 0 saturated heterocycles. The van der Waals surface area contributed by atoms with Crippen LogP contribution in [0.2, 0.25) is 0 Å². The van der Waals surface area contributed by atoms with Gasteiger partial charge >= 0.3 is 0 Å². The van der Waals surface area contributed by atoms with Gasteiger partial charge in [-0.1, -0.05) is 42.5 Å². The van der Waals surface area contributed by atoms with E-state index >= 15 is 0 Å². The first-order valence-electron chi connectivity index (χ1n) is 9.28. The molecule has 4 rings (SSSR count). The van der Waals surface area contributed by atoms with Crippen LogP contribution in [0, 0.1) is 0 Å². The Labute approximate surface area is 169 Å². The van der Waals surface area contributed by atoms with Crippen molar-refractivity contribution in [3.05, 3.63) is 89.5 Å². The Kier molecular flexibility index (Phi) is 4.59. The van der Waals surface area contributed by atoms with Crippen LogP contribution >= 0.6 is 0 Å². The van der Waals surface area contributed by atoms with Crippen molar-refractivity contribution in [3.8, 4) is 11.5 Å². The summed E-state index contributed by atoms with van der Waals surface area (Å²) in [5.41, 5.74) is 1.01. The Balaban J connectivity index is 2.12. The highest BCUT2D eigenvalue weighted by Crippen LogP contribution is 2.51. The molecule has 0 fully saturated rings. The summed E-state index contributed by atoms with van der Waals surface area (Å²) in [4.78, 5) is 28.5. The first-order valence-corrected chi connectivity index (χ1v) is 9.28. The molecule has 0 spiro atoms. The van der Waals surface area contributed by atoms with Crippen molar-refractivity contribution < 1.29 is 19.1 Å². The minimum atomic E-state index is -1.37. The van der Waals surface area contributed by atoms with Gasteiger partial charge in [0, 0.05) is 24.1 Å². The van der Waals surface area contributed by atoms with Crippen LogP contribution in [0.4, 0.5) is 5.69 Å². The molecule has 3 aromatic carbocycles. The van der Waals surface area contributed by atoms with Crippen molar-refractivity contribution in [3.63, 3.8) is 0 Å². The van der Waals surface area contributed by atoms with Crippen molar-refractivity contribution in [1.82, 2.24) is 0 Å². The number of amides is 1. The molecule has 29 heavy (non-hydrogen) atoms. The third kappa shape index (κ3) is 2.62. The predicted octanol–water partition coefficient (Wildman–Crippen LogP) is 4.20. The van der Waals surface area contributed by atoms with Gasteiger partial charge in [-0.2, -0.15) is 0 Å². The number of para-hydroxylation sites is 1. The lowest BCUT2D eigenvalue weighted by molar-refractivity contribution is -0.117. The maximum atomic E-state index is 14.0. The lowest BCUT2D eigenvalue weighted by Crippen LogP contribution is -2.51. The third-order valence-corrected chi connectivity index (χ3v) is 5.36. The number of benzene rings is 3. The summed E-state index contributed by atoms with van der Waals surface area (Å²) >= 11 is 0. The molecule has 146 valence electrons. The normalized spacial score (nSPS) is 17.8. The average Bonchev–Trinajstić information content (AvgIpc) is 3.03. The fourth-order valence-corrected chi connectivity index (χ4v) is 4.18. The van der Waals surface area contributed by atoms with E-state index in [-0.39, 0.29) is 11.7 Å². The van der Waals surface area contributed by atoms with Gasteiger partial charge in [0.1, 0.15) is 11.5 Å². The summed E-state index contributed by atoms with van der Waals surface area (Å²) in [6, 6.07) is 21.8. The van der Waals surface area contributed by atoms with E-state index in [0.717, 1.165) is 0 Å². The van der Waals surface area contributed by atoms with Gasteiger partial charge in [-0.15, -0.1) is 0 Å². The van der Waals surface area contributed by atoms with Crippen LogP contribution < -0.4 is 14.4 Å². The van der Waals surface area contributed by atoms with Gasteiger partial charge < -0.3 is 9.47 Å². The molecule has 0 radical (unpaired) electrons. The molecule has 3 aromatic rings. The molecule has 1 amide bonds. The second-order valence-electron chi connectivity index (χ2n) is 6.84. The number of rotatable bonds is 4. The van der Waals surface area contributed by atoms with Gasteiger partial charge in [-0.05, 0) is 29.8 Å². The molecule has 0 saturated carbocycles. The quantitative estimate of drug-likeness (QED) is 0.673. The molecule has 1 heterocycles. The van der Waals surface area contributed by atoms with Crippen molar-refractivity contribution in [2.24, 2.45) is 0 Å². The van der Waals surface area contributed by atoms with Crippen LogP contribution in [-0.4, -0.2) is 25.9 Å². The molecule has 1 atom stereocenters. The minimum absolute atomic E-state index is 0.169. The van der Waals surface area contributed by atoms with Crippen LogP contribution in [0.15, 0.2) is 72.8 Å². The summed E-state index contributed by atoms with van der Waals surface area (Å²) in [5, 5.41) is 0. The summed E-state index contributed by atoms with van der Waals surface area (Å²) in [5.74, 6) is 0.676. The summed E-state index contributed by atoms with van der Waals surface area (Å²) < 4.78 is 11.0. The smallest absolute Gasteiger partial charge is 0.225 e. The zero-order valence-electron chi connectivity index (χ0n) is 16.5. The van der Waals surface area contributed by atoms with Crippen LogP contribution in [0.5, 0.6) is 11.5 Å². The van der Waals surface area contributed by atoms with Gasteiger partial charge in [0.05, 0.1) is 19.9 Å². The number of hydrogen-bond donors (Lipinski definition) is 0. The van der Waals surface area contributed by atoms with Crippen LogP contribution in [0.25, 0.3) is 0 Å². The standard InChI is InChI=1S/C24H21NO4/c1-16(26)25-21-12-8-7-11-19(21)23(27)24(25,17-9-5-4-6-10-17)20-14-13-18(28-2)15-22(20)29-3/h4-15H,1-3H3. The molecular weight excluding hydrogens is 366 g/mol. The lowest BCUT2D eigenvalue weighted by Gasteiger charge is -2.38. The van der Waals surface area contributed by atoms with Gasteiger partial charge in [-0.25, -0.2) is 0 Å². The number of carbonyl (C=O) groups excluding carboxylic acids is 2. The first-order chi connectivity index (χ1) is 14.1. The Hall–Kier alpha value is -3.60. The minimum Gasteiger partial charge on any atom is -0.497 e. The molecular formula is C24H21NO4. The number of fused-ring (bicyclic) bond motifs is 1. The van der Waals surface area contributed by atoms with Crippen molar-refractivity contribution in [1.29, 1.82) is 0 Å². The largest absolute Gasteiger partial charge is 0.497 e. The lowest BCUT2D eigenvalue weighted by atomic mass is 9.78. The van der Waals surface area contributed by atoms with E-state index in [1.165, 1.54) is 6.92 Å². The van der Waals surface area contributed by atoms with Gasteiger partial charge in [0.15, 0.2) is 11.3 Å². The van der Waals surface area contributed by atoms with Crippen LogP contribution in [0.1, 0.15) is 28.4 Å². The van der Waals surface area contributed by atoms with Crippen LogP contribution in [0.3, 0.4) is 0 Å². The van der Waals surface area contributed by atoms with Gasteiger partial charge in [0.2, 0.25) is 5.91 Å². The summed E-state index contributed by atoms with van der Waals surface area (Å²) in [6.07, 6.45) is 0. The topological polar surface area (TPSA) is 55.8 Å². The fraction of sp³-hybridized carbons (Fsp3) is 0.167. The molecule has 0 aliphatic carbocycles. The second kappa shape index (κ2) is 7.09. The van der Waals surface area contributed by atoms with E-state index in [9.17, 15) is 9.59 Å². The maximum absolute atomic E-state index is 14.0. The van der Waals surface area contributed by atoms with E-state index < -0.39 is 5.54 Å². The fourth-order valence-electron chi connectivity index (χ4n) is 4.18. The number of anilines is 1. The van der Waals surface area contributed by atoms with E-state index in [0.29, 0.717) is 33.9 Å². The Morgan fingerprint density at radius 2 is 1.59 bits per heavy atom. The third-order valence-electron chi connectivity index (χ3n) is 5.36. The predicted molar refractivity (Wildman–Crippen MR) is 111 cm³/mol. The maximum Gasteiger partial charge on any atom is 0.225 e. The molecule has 0 N–H and O–H groups in total. The zero-order valence-corrected chi connectivity index (χ0v) is 16.5. The average molecular weight is 387 g/mol. The van der Waals surface area contributed by atoms with E-state index in [2.05, 4.69) is 0 Å². The molecule has 1 unspecified atom stereocenters. The van der Waals surface area contributed by atoms with Crippen molar-refractivity contribution >= 4 is 17.4 Å². The SMILES string of the molecule is COc1ccc(C2(c3ccccc3)C(=O)c3ccccc3N2C(C)=O)c(OC)c1. The monoisotopic (exact) mass is 387 g/mol. The summed E-state index contributed by atoms with van der Waals surface area (Å²) in [6.45, 7) is 1.48. The summed E-state index contributed by atoms with van der Waals surface area (Å²) in [7, 11) is 3.11. The second-order valence-corrected chi connectivity index (χ2v) is 6.84. The van der Waals surface area contributed by atoms with E-state index in [1.54, 1.807) is 55.5 Å². The van der Waals surface area contributed by atoms with Crippen molar-refractivity contribution in [2.45, 2.75) is 12.5 Å². The molecule has 0 bridgehead atoms. The number of carbonyl (C=O) groups is 2. The van der Waals surface area contributed by atoms with Crippen molar-refractivity contribution in [2.75, 3.05) is 19.1 Å². The number of hydrogen-bond acceptors (Lipinski definition) is 4. The zero-order chi connectivity index (χ0) is 20.6. The Bertz CT molecular complexity index is 1090. The molecule has 0 aromatic heterocycles. The number of nitrogens with zero attached hydrogens (tertiary/aromatic N) is 1. The molecule has 1 aliphatic rings. The highest BCUT2D eigenvalue weighted by Gasteiger charge is 2.56. The number of methoxy groups -OCH3 is 2. The van der Waals surface area contributed by atoms with Gasteiger partial charge in [0.25, 0.3) is 0 Å². The number of ketones is 1. The highest BCUT2D eigenvalue weighted by molar-refractivity contribution is 6.22. The number of ether oxygens (including phenoxy) is 2. The Morgan fingerprint density at radius 1 is 0.897 bits per heavy atom. The Morgan fingerprint density at radius 3 is 2.24 bits per heavy atom. The van der Waals surface area contributed by atoms with Crippen LogP contribution in [-0.2, 0) is 10.3 Å². The molecule has 5 heteroatoms. The highest BCUT2D eigenvalue weighted by atomic mass is 16.5.